The largest absolute Gasteiger partial charge is 0.331 e. The van der Waals surface area contributed by atoms with Crippen molar-refractivity contribution in [3.05, 3.63) is 75.0 Å². The van der Waals surface area contributed by atoms with E-state index in [0.29, 0.717) is 5.13 Å². The molecule has 0 spiro atoms. The van der Waals surface area contributed by atoms with Crippen LogP contribution in [0.2, 0.25) is 0 Å². The number of halogens is 3. The molecule has 3 aromatic rings. The van der Waals surface area contributed by atoms with Crippen molar-refractivity contribution in [3.63, 3.8) is 0 Å². The highest BCUT2D eigenvalue weighted by Crippen LogP contribution is 2.40. The van der Waals surface area contributed by atoms with Crippen LogP contribution in [0.1, 0.15) is 23.2 Å². The SMILES string of the molecule is C=C(Nc1nc2c(s1)-c1ccc(I)cc1CCC2)c1c(F)cccc1F. The zero-order valence-corrected chi connectivity index (χ0v) is 16.8. The number of benzene rings is 2. The van der Waals surface area contributed by atoms with Gasteiger partial charge in [0.15, 0.2) is 5.13 Å². The average molecular weight is 480 g/mol. The summed E-state index contributed by atoms with van der Waals surface area (Å²) < 4.78 is 29.1. The topological polar surface area (TPSA) is 24.9 Å². The number of hydrogen-bond acceptors (Lipinski definition) is 3. The normalized spacial score (nSPS) is 12.9. The maximum atomic E-state index is 14.0. The van der Waals surface area contributed by atoms with Crippen LogP contribution in [0.15, 0.2) is 43.0 Å². The smallest absolute Gasteiger partial charge is 0.187 e. The number of anilines is 1. The van der Waals surface area contributed by atoms with Gasteiger partial charge in [-0.3, -0.25) is 0 Å². The second kappa shape index (κ2) is 7.08. The highest BCUT2D eigenvalue weighted by Gasteiger charge is 2.20. The monoisotopic (exact) mass is 480 g/mol. The maximum Gasteiger partial charge on any atom is 0.187 e. The molecule has 0 atom stereocenters. The van der Waals surface area contributed by atoms with Gasteiger partial charge >= 0.3 is 0 Å². The molecule has 132 valence electrons. The van der Waals surface area contributed by atoms with Crippen LogP contribution in [0.25, 0.3) is 16.1 Å². The van der Waals surface area contributed by atoms with Gasteiger partial charge in [0, 0.05) is 9.27 Å². The van der Waals surface area contributed by atoms with Crippen LogP contribution in [0.4, 0.5) is 13.9 Å². The quantitative estimate of drug-likeness (QED) is 0.448. The summed E-state index contributed by atoms with van der Waals surface area (Å²) in [5.74, 6) is -1.28. The van der Waals surface area contributed by atoms with Gasteiger partial charge in [-0.2, -0.15) is 0 Å². The van der Waals surface area contributed by atoms with Gasteiger partial charge in [0.05, 0.1) is 16.1 Å². The first kappa shape index (κ1) is 17.6. The Morgan fingerprint density at radius 2 is 1.92 bits per heavy atom. The summed E-state index contributed by atoms with van der Waals surface area (Å²) in [7, 11) is 0. The Hall–Kier alpha value is -1.80. The Kier molecular flexibility index (Phi) is 4.79. The number of thiazole rings is 1. The summed E-state index contributed by atoms with van der Waals surface area (Å²) in [6.45, 7) is 3.80. The Balaban J connectivity index is 1.68. The van der Waals surface area contributed by atoms with Gasteiger partial charge in [-0.25, -0.2) is 13.8 Å². The lowest BCUT2D eigenvalue weighted by atomic mass is 10.0. The highest BCUT2D eigenvalue weighted by molar-refractivity contribution is 14.1. The first-order valence-corrected chi connectivity index (χ1v) is 10.1. The van der Waals surface area contributed by atoms with Crippen LogP contribution in [-0.4, -0.2) is 4.98 Å². The van der Waals surface area contributed by atoms with Crippen molar-refractivity contribution in [2.24, 2.45) is 0 Å². The predicted octanol–water partition coefficient (Wildman–Crippen LogP) is 6.26. The second-order valence-electron chi connectivity index (χ2n) is 6.15. The molecule has 0 bridgehead atoms. The van der Waals surface area contributed by atoms with Gasteiger partial charge in [0.1, 0.15) is 11.6 Å². The molecular formula is C20H15F2IN2S. The molecule has 1 aliphatic rings. The van der Waals surface area contributed by atoms with E-state index in [1.54, 1.807) is 0 Å². The molecule has 1 aromatic heterocycles. The number of hydrogen-bond donors (Lipinski definition) is 1. The molecule has 0 saturated carbocycles. The first-order chi connectivity index (χ1) is 12.5. The third-order valence-corrected chi connectivity index (χ3v) is 6.11. The van der Waals surface area contributed by atoms with Crippen LogP contribution in [0.3, 0.4) is 0 Å². The summed E-state index contributed by atoms with van der Waals surface area (Å²) in [5.41, 5.74) is 3.58. The molecule has 0 fully saturated rings. The molecule has 0 amide bonds. The van der Waals surface area contributed by atoms with Crippen molar-refractivity contribution < 1.29 is 8.78 Å². The van der Waals surface area contributed by atoms with Crippen LogP contribution in [0.5, 0.6) is 0 Å². The summed E-state index contributed by atoms with van der Waals surface area (Å²) >= 11 is 3.83. The van der Waals surface area contributed by atoms with E-state index in [2.05, 4.69) is 57.7 Å². The Morgan fingerprint density at radius 1 is 1.15 bits per heavy atom. The van der Waals surface area contributed by atoms with E-state index >= 15 is 0 Å². The number of nitrogens with zero attached hydrogens (tertiary/aromatic N) is 1. The number of aryl methyl sites for hydroxylation is 2. The van der Waals surface area contributed by atoms with Crippen molar-refractivity contribution in [3.8, 4) is 10.4 Å². The molecule has 1 heterocycles. The van der Waals surface area contributed by atoms with E-state index in [4.69, 9.17) is 0 Å². The molecule has 6 heteroatoms. The van der Waals surface area contributed by atoms with Crippen molar-refractivity contribution in [1.82, 2.24) is 4.98 Å². The molecule has 0 unspecified atom stereocenters. The summed E-state index contributed by atoms with van der Waals surface area (Å²) in [6, 6.07) is 10.2. The molecule has 2 aromatic carbocycles. The molecule has 0 radical (unpaired) electrons. The molecule has 2 nitrogen and oxygen atoms in total. The average Bonchev–Trinajstić information content (AvgIpc) is 2.89. The number of fused-ring (bicyclic) bond motifs is 3. The fraction of sp³-hybridized carbons (Fsp3) is 0.150. The fourth-order valence-electron chi connectivity index (χ4n) is 3.20. The van der Waals surface area contributed by atoms with E-state index in [-0.39, 0.29) is 11.3 Å². The lowest BCUT2D eigenvalue weighted by Crippen LogP contribution is -2.02. The molecule has 1 N–H and O–H groups in total. The minimum absolute atomic E-state index is 0.146. The van der Waals surface area contributed by atoms with Gasteiger partial charge in [-0.1, -0.05) is 30.0 Å². The predicted molar refractivity (Wildman–Crippen MR) is 111 cm³/mol. The van der Waals surface area contributed by atoms with E-state index in [9.17, 15) is 8.78 Å². The van der Waals surface area contributed by atoms with Crippen LogP contribution in [0, 0.1) is 15.2 Å². The van der Waals surface area contributed by atoms with E-state index in [1.807, 2.05) is 0 Å². The molecule has 1 aliphatic carbocycles. The fourth-order valence-corrected chi connectivity index (χ4v) is 4.85. The van der Waals surface area contributed by atoms with Crippen molar-refractivity contribution in [1.29, 1.82) is 0 Å². The Labute approximate surface area is 168 Å². The number of aromatic nitrogens is 1. The lowest BCUT2D eigenvalue weighted by molar-refractivity contribution is 0.577. The molecule has 0 saturated heterocycles. The molecular weight excluding hydrogens is 465 g/mol. The molecule has 26 heavy (non-hydrogen) atoms. The standard InChI is InChI=1S/C20H15F2IN2S/c1-11(18-15(21)5-3-6-16(18)22)24-20-25-17-7-2-4-12-10-13(23)8-9-14(12)19(17)26-20/h3,5-6,8-10H,1-2,4,7H2,(H,24,25). The van der Waals surface area contributed by atoms with Crippen molar-refractivity contribution in [2.75, 3.05) is 5.32 Å². The van der Waals surface area contributed by atoms with E-state index in [1.165, 1.54) is 44.2 Å². The van der Waals surface area contributed by atoms with Crippen LogP contribution >= 0.6 is 33.9 Å². The van der Waals surface area contributed by atoms with Gasteiger partial charge in [0.2, 0.25) is 0 Å². The van der Waals surface area contributed by atoms with Crippen LogP contribution < -0.4 is 5.32 Å². The Morgan fingerprint density at radius 3 is 2.69 bits per heavy atom. The van der Waals surface area contributed by atoms with E-state index < -0.39 is 11.6 Å². The van der Waals surface area contributed by atoms with Crippen LogP contribution in [-0.2, 0) is 12.8 Å². The molecule has 0 aliphatic heterocycles. The lowest BCUT2D eigenvalue weighted by Gasteiger charge is -2.09. The van der Waals surface area contributed by atoms with Crippen molar-refractivity contribution >= 4 is 44.8 Å². The second-order valence-corrected chi connectivity index (χ2v) is 8.39. The van der Waals surface area contributed by atoms with Gasteiger partial charge in [0.25, 0.3) is 0 Å². The number of rotatable bonds is 3. The third kappa shape index (κ3) is 3.27. The van der Waals surface area contributed by atoms with E-state index in [0.717, 1.165) is 29.8 Å². The summed E-state index contributed by atoms with van der Waals surface area (Å²) in [5, 5.41) is 3.60. The van der Waals surface area contributed by atoms with Crippen molar-refractivity contribution in [2.45, 2.75) is 19.3 Å². The maximum absolute atomic E-state index is 14.0. The minimum Gasteiger partial charge on any atom is -0.331 e. The Bertz CT molecular complexity index is 993. The first-order valence-electron chi connectivity index (χ1n) is 8.22. The third-order valence-electron chi connectivity index (χ3n) is 4.39. The zero-order chi connectivity index (χ0) is 18.3. The molecule has 4 rings (SSSR count). The number of nitrogens with one attached hydrogen (secondary N) is 1. The summed E-state index contributed by atoms with van der Waals surface area (Å²) in [4.78, 5) is 5.78. The minimum atomic E-state index is -0.638. The zero-order valence-electron chi connectivity index (χ0n) is 13.8. The summed E-state index contributed by atoms with van der Waals surface area (Å²) in [6.07, 6.45) is 2.95. The van der Waals surface area contributed by atoms with Gasteiger partial charge in [-0.15, -0.1) is 0 Å². The van der Waals surface area contributed by atoms with Gasteiger partial charge in [-0.05, 0) is 77.2 Å². The van der Waals surface area contributed by atoms with Gasteiger partial charge < -0.3 is 5.32 Å². The highest BCUT2D eigenvalue weighted by atomic mass is 127.